The average molecular weight is 281 g/mol. The average Bonchev–Trinajstić information content (AvgIpc) is 2.33. The van der Waals surface area contributed by atoms with Crippen LogP contribution in [0.2, 0.25) is 0 Å². The Bertz CT molecular complexity index is 292. The number of halogens is 3. The van der Waals surface area contributed by atoms with Crippen molar-refractivity contribution in [2.24, 2.45) is 11.8 Å². The van der Waals surface area contributed by atoms with Crippen LogP contribution < -0.4 is 5.32 Å². The van der Waals surface area contributed by atoms with Gasteiger partial charge >= 0.3 is 6.18 Å². The lowest BCUT2D eigenvalue weighted by molar-refractivity contribution is -0.186. The molecule has 0 bridgehead atoms. The van der Waals surface area contributed by atoms with E-state index in [1.165, 1.54) is 0 Å². The SMILES string of the molecule is CC(O)CCCNC(=O)C1CCCC(C(F)(F)F)C1. The summed E-state index contributed by atoms with van der Waals surface area (Å²) in [4.78, 5) is 11.8. The fourth-order valence-corrected chi connectivity index (χ4v) is 2.48. The largest absolute Gasteiger partial charge is 0.393 e. The molecule has 3 atom stereocenters. The van der Waals surface area contributed by atoms with Crippen LogP contribution in [0.4, 0.5) is 13.2 Å². The van der Waals surface area contributed by atoms with Gasteiger partial charge in [-0.15, -0.1) is 0 Å². The molecule has 0 aliphatic heterocycles. The highest BCUT2D eigenvalue weighted by Gasteiger charge is 2.43. The van der Waals surface area contributed by atoms with Gasteiger partial charge in [0.25, 0.3) is 0 Å². The van der Waals surface area contributed by atoms with Crippen molar-refractivity contribution in [1.82, 2.24) is 5.32 Å². The second-order valence-electron chi connectivity index (χ2n) is 5.38. The van der Waals surface area contributed by atoms with Gasteiger partial charge in [0.05, 0.1) is 12.0 Å². The number of carbonyl (C=O) groups excluding carboxylic acids is 1. The first kappa shape index (κ1) is 16.3. The van der Waals surface area contributed by atoms with Gasteiger partial charge in [0.2, 0.25) is 5.91 Å². The molecule has 1 saturated carbocycles. The van der Waals surface area contributed by atoms with Crippen LogP contribution in [0.1, 0.15) is 45.4 Å². The zero-order chi connectivity index (χ0) is 14.5. The molecule has 112 valence electrons. The van der Waals surface area contributed by atoms with Crippen LogP contribution in [-0.4, -0.2) is 29.8 Å². The van der Waals surface area contributed by atoms with Crippen LogP contribution >= 0.6 is 0 Å². The van der Waals surface area contributed by atoms with E-state index in [9.17, 15) is 18.0 Å². The summed E-state index contributed by atoms with van der Waals surface area (Å²) in [5, 5.41) is 11.7. The van der Waals surface area contributed by atoms with Crippen LogP contribution in [0.5, 0.6) is 0 Å². The van der Waals surface area contributed by atoms with Crippen molar-refractivity contribution in [3.63, 3.8) is 0 Å². The van der Waals surface area contributed by atoms with Gasteiger partial charge in [0, 0.05) is 12.5 Å². The van der Waals surface area contributed by atoms with E-state index in [1.54, 1.807) is 6.92 Å². The molecule has 1 aliphatic carbocycles. The van der Waals surface area contributed by atoms with Gasteiger partial charge in [-0.3, -0.25) is 4.79 Å². The maximum Gasteiger partial charge on any atom is 0.391 e. The lowest BCUT2D eigenvalue weighted by Crippen LogP contribution is -2.37. The van der Waals surface area contributed by atoms with Crippen LogP contribution in [-0.2, 0) is 4.79 Å². The molecule has 6 heteroatoms. The molecule has 2 N–H and O–H groups in total. The molecule has 0 saturated heterocycles. The monoisotopic (exact) mass is 281 g/mol. The Morgan fingerprint density at radius 1 is 1.42 bits per heavy atom. The molecule has 1 fully saturated rings. The zero-order valence-corrected chi connectivity index (χ0v) is 11.2. The molecule has 1 amide bonds. The third-order valence-corrected chi connectivity index (χ3v) is 3.61. The Labute approximate surface area is 111 Å². The highest BCUT2D eigenvalue weighted by molar-refractivity contribution is 5.78. The first-order chi connectivity index (χ1) is 8.80. The number of amides is 1. The molecule has 19 heavy (non-hydrogen) atoms. The fraction of sp³-hybridized carbons (Fsp3) is 0.923. The molecule has 3 unspecified atom stereocenters. The maximum absolute atomic E-state index is 12.6. The topological polar surface area (TPSA) is 49.3 Å². The highest BCUT2D eigenvalue weighted by Crippen LogP contribution is 2.39. The molecular weight excluding hydrogens is 259 g/mol. The van der Waals surface area contributed by atoms with E-state index < -0.39 is 24.1 Å². The van der Waals surface area contributed by atoms with Crippen LogP contribution in [0, 0.1) is 11.8 Å². The first-order valence-corrected chi connectivity index (χ1v) is 6.83. The van der Waals surface area contributed by atoms with Gasteiger partial charge in [0.15, 0.2) is 0 Å². The van der Waals surface area contributed by atoms with E-state index in [0.717, 1.165) is 0 Å². The quantitative estimate of drug-likeness (QED) is 0.761. The van der Waals surface area contributed by atoms with Gasteiger partial charge in [0.1, 0.15) is 0 Å². The second kappa shape index (κ2) is 7.12. The summed E-state index contributed by atoms with van der Waals surface area (Å²) >= 11 is 0. The maximum atomic E-state index is 12.6. The van der Waals surface area contributed by atoms with Gasteiger partial charge in [-0.05, 0) is 39.0 Å². The molecule has 0 spiro atoms. The van der Waals surface area contributed by atoms with Gasteiger partial charge in [-0.25, -0.2) is 0 Å². The summed E-state index contributed by atoms with van der Waals surface area (Å²) in [5.74, 6) is -2.14. The van der Waals surface area contributed by atoms with E-state index in [2.05, 4.69) is 5.32 Å². The molecule has 1 rings (SSSR count). The number of aliphatic hydroxyl groups excluding tert-OH is 1. The number of aliphatic hydroxyl groups is 1. The van der Waals surface area contributed by atoms with Gasteiger partial charge in [-0.1, -0.05) is 6.42 Å². The summed E-state index contributed by atoms with van der Waals surface area (Å²) < 4.78 is 37.8. The predicted octanol–water partition coefficient (Wildman–Crippen LogP) is 2.63. The Morgan fingerprint density at radius 3 is 2.68 bits per heavy atom. The Kier molecular flexibility index (Phi) is 6.10. The van der Waals surface area contributed by atoms with E-state index in [0.29, 0.717) is 32.2 Å². The summed E-state index contributed by atoms with van der Waals surface area (Å²) in [5.41, 5.74) is 0. The van der Waals surface area contributed by atoms with Gasteiger partial charge in [-0.2, -0.15) is 13.2 Å². The smallest absolute Gasteiger partial charge is 0.391 e. The number of alkyl halides is 3. The number of carbonyl (C=O) groups is 1. The fourth-order valence-electron chi connectivity index (χ4n) is 2.48. The highest BCUT2D eigenvalue weighted by atomic mass is 19.4. The standard InChI is InChI=1S/C13H22F3NO2/c1-9(18)4-3-7-17-12(19)10-5-2-6-11(8-10)13(14,15)16/h9-11,18H,2-8H2,1H3,(H,17,19). The van der Waals surface area contributed by atoms with Crippen molar-refractivity contribution < 1.29 is 23.1 Å². The van der Waals surface area contributed by atoms with Crippen molar-refractivity contribution in [3.05, 3.63) is 0 Å². The molecule has 0 heterocycles. The van der Waals surface area contributed by atoms with E-state index in [1.807, 2.05) is 0 Å². The second-order valence-corrected chi connectivity index (χ2v) is 5.38. The minimum absolute atomic E-state index is 0.0915. The molecular formula is C13H22F3NO2. The molecule has 1 aliphatic rings. The van der Waals surface area contributed by atoms with E-state index in [4.69, 9.17) is 5.11 Å². The summed E-state index contributed by atoms with van der Waals surface area (Å²) in [6, 6.07) is 0. The van der Waals surface area contributed by atoms with Gasteiger partial charge < -0.3 is 10.4 Å². The van der Waals surface area contributed by atoms with E-state index >= 15 is 0 Å². The zero-order valence-electron chi connectivity index (χ0n) is 11.2. The number of rotatable bonds is 5. The Hall–Kier alpha value is -0.780. The Morgan fingerprint density at radius 2 is 2.11 bits per heavy atom. The molecule has 3 nitrogen and oxygen atoms in total. The number of hydrogen-bond acceptors (Lipinski definition) is 2. The Balaban J connectivity index is 2.32. The van der Waals surface area contributed by atoms with Crippen LogP contribution in [0.15, 0.2) is 0 Å². The molecule has 0 aromatic rings. The van der Waals surface area contributed by atoms with Crippen molar-refractivity contribution in [2.75, 3.05) is 6.54 Å². The molecule has 0 aromatic heterocycles. The van der Waals surface area contributed by atoms with Crippen LogP contribution in [0.3, 0.4) is 0 Å². The van der Waals surface area contributed by atoms with E-state index in [-0.39, 0.29) is 18.7 Å². The minimum Gasteiger partial charge on any atom is -0.393 e. The lowest BCUT2D eigenvalue weighted by Gasteiger charge is -2.29. The summed E-state index contributed by atoms with van der Waals surface area (Å²) in [7, 11) is 0. The predicted molar refractivity (Wildman–Crippen MR) is 65.4 cm³/mol. The van der Waals surface area contributed by atoms with Crippen molar-refractivity contribution in [2.45, 2.75) is 57.7 Å². The molecule has 0 radical (unpaired) electrons. The third-order valence-electron chi connectivity index (χ3n) is 3.61. The third kappa shape index (κ3) is 5.80. The van der Waals surface area contributed by atoms with Crippen LogP contribution in [0.25, 0.3) is 0 Å². The first-order valence-electron chi connectivity index (χ1n) is 6.83. The minimum atomic E-state index is -4.19. The molecule has 0 aromatic carbocycles. The van der Waals surface area contributed by atoms with Crippen molar-refractivity contribution >= 4 is 5.91 Å². The lowest BCUT2D eigenvalue weighted by atomic mass is 9.80. The summed E-state index contributed by atoms with van der Waals surface area (Å²) in [6.07, 6.45) is -2.35. The summed E-state index contributed by atoms with van der Waals surface area (Å²) in [6.45, 7) is 2.08. The van der Waals surface area contributed by atoms with Crippen molar-refractivity contribution in [1.29, 1.82) is 0 Å². The normalized spacial score (nSPS) is 25.9. The number of nitrogens with one attached hydrogen (secondary N) is 1. The number of hydrogen-bond donors (Lipinski definition) is 2. The van der Waals surface area contributed by atoms with Crippen molar-refractivity contribution in [3.8, 4) is 0 Å².